The molecule has 1 heterocycles. The first-order chi connectivity index (χ1) is 9.10. The monoisotopic (exact) mass is 258 g/mol. The van der Waals surface area contributed by atoms with E-state index in [1.165, 1.54) is 0 Å². The normalized spacial score (nSPS) is 24.4. The van der Waals surface area contributed by atoms with Gasteiger partial charge in [-0.25, -0.2) is 0 Å². The molecule has 98 valence electrons. The predicted octanol–water partition coefficient (Wildman–Crippen LogP) is 1.53. The fourth-order valence-electron chi connectivity index (χ4n) is 2.34. The summed E-state index contributed by atoms with van der Waals surface area (Å²) in [6.07, 6.45) is -2.44. The molecular formula is C15H14O4. The van der Waals surface area contributed by atoms with Crippen LogP contribution >= 0.6 is 0 Å². The van der Waals surface area contributed by atoms with E-state index < -0.39 is 18.0 Å². The number of rotatable bonds is 1. The third-order valence-electron chi connectivity index (χ3n) is 3.35. The lowest BCUT2D eigenvalue weighted by atomic mass is 9.89. The Morgan fingerprint density at radius 1 is 0.895 bits per heavy atom. The van der Waals surface area contributed by atoms with Crippen LogP contribution in [0.4, 0.5) is 0 Å². The molecule has 19 heavy (non-hydrogen) atoms. The Balaban J connectivity index is 2.09. The second kappa shape index (κ2) is 4.35. The molecule has 3 rings (SSSR count). The van der Waals surface area contributed by atoms with Gasteiger partial charge in [0.2, 0.25) is 5.79 Å². The van der Waals surface area contributed by atoms with Crippen LogP contribution in [0.1, 0.15) is 23.3 Å². The highest BCUT2D eigenvalue weighted by molar-refractivity contribution is 5.40. The molecule has 2 aromatic rings. The number of hydrogen-bond donors (Lipinski definition) is 3. The van der Waals surface area contributed by atoms with Gasteiger partial charge in [-0.05, 0) is 11.6 Å². The SMILES string of the molecule is OC1c2ccccc2OC(c2ccccc2)C1(O)O. The summed E-state index contributed by atoms with van der Waals surface area (Å²) in [7, 11) is 0. The van der Waals surface area contributed by atoms with E-state index in [-0.39, 0.29) is 0 Å². The van der Waals surface area contributed by atoms with Crippen molar-refractivity contribution >= 4 is 0 Å². The van der Waals surface area contributed by atoms with Gasteiger partial charge < -0.3 is 20.1 Å². The maximum Gasteiger partial charge on any atom is 0.236 e. The minimum Gasteiger partial charge on any atom is -0.480 e. The Kier molecular flexibility index (Phi) is 2.78. The van der Waals surface area contributed by atoms with Crippen molar-refractivity contribution in [1.29, 1.82) is 0 Å². The Morgan fingerprint density at radius 2 is 1.53 bits per heavy atom. The molecule has 2 aromatic carbocycles. The van der Waals surface area contributed by atoms with Crippen LogP contribution < -0.4 is 4.74 Å². The topological polar surface area (TPSA) is 69.9 Å². The van der Waals surface area contributed by atoms with Crippen molar-refractivity contribution in [3.8, 4) is 5.75 Å². The highest BCUT2D eigenvalue weighted by Crippen LogP contribution is 2.45. The number of para-hydroxylation sites is 1. The van der Waals surface area contributed by atoms with Gasteiger partial charge in [0.15, 0.2) is 6.10 Å². The summed E-state index contributed by atoms with van der Waals surface area (Å²) in [5, 5.41) is 30.5. The molecule has 0 radical (unpaired) electrons. The molecule has 2 unspecified atom stereocenters. The molecule has 4 nitrogen and oxygen atoms in total. The van der Waals surface area contributed by atoms with Crippen LogP contribution in [-0.2, 0) is 0 Å². The summed E-state index contributed by atoms with van der Waals surface area (Å²) in [5.41, 5.74) is 0.973. The molecule has 0 amide bonds. The molecular weight excluding hydrogens is 244 g/mol. The van der Waals surface area contributed by atoms with Crippen LogP contribution in [0.2, 0.25) is 0 Å². The molecule has 0 aliphatic carbocycles. The fourth-order valence-corrected chi connectivity index (χ4v) is 2.34. The van der Waals surface area contributed by atoms with Crippen molar-refractivity contribution in [2.24, 2.45) is 0 Å². The van der Waals surface area contributed by atoms with Crippen LogP contribution in [0.15, 0.2) is 54.6 Å². The van der Waals surface area contributed by atoms with Gasteiger partial charge in [-0.15, -0.1) is 0 Å². The molecule has 4 heteroatoms. The van der Waals surface area contributed by atoms with E-state index >= 15 is 0 Å². The number of ether oxygens (including phenoxy) is 1. The summed E-state index contributed by atoms with van der Waals surface area (Å²) in [6, 6.07) is 15.6. The number of benzene rings is 2. The van der Waals surface area contributed by atoms with E-state index in [0.717, 1.165) is 0 Å². The van der Waals surface area contributed by atoms with E-state index in [0.29, 0.717) is 16.9 Å². The third-order valence-corrected chi connectivity index (χ3v) is 3.35. The van der Waals surface area contributed by atoms with Crippen molar-refractivity contribution in [2.45, 2.75) is 18.0 Å². The van der Waals surface area contributed by atoms with Gasteiger partial charge in [0, 0.05) is 5.56 Å². The average Bonchev–Trinajstić information content (AvgIpc) is 2.44. The summed E-state index contributed by atoms with van der Waals surface area (Å²) in [4.78, 5) is 0. The van der Waals surface area contributed by atoms with Crippen LogP contribution in [0.3, 0.4) is 0 Å². The minimum absolute atomic E-state index is 0.375. The van der Waals surface area contributed by atoms with Gasteiger partial charge in [0.05, 0.1) is 0 Å². The maximum atomic E-state index is 10.2. The standard InChI is InChI=1S/C15H14O4/c16-13-11-8-4-5-9-12(11)19-14(15(13,17)18)10-6-2-1-3-7-10/h1-9,13-14,16-18H. The lowest BCUT2D eigenvalue weighted by molar-refractivity contribution is -0.283. The zero-order valence-corrected chi connectivity index (χ0v) is 10.1. The first-order valence-electron chi connectivity index (χ1n) is 6.04. The van der Waals surface area contributed by atoms with Crippen molar-refractivity contribution in [3.05, 3.63) is 65.7 Å². The van der Waals surface area contributed by atoms with E-state index in [4.69, 9.17) is 4.74 Å². The highest BCUT2D eigenvalue weighted by Gasteiger charge is 2.49. The first kappa shape index (κ1) is 12.2. The van der Waals surface area contributed by atoms with E-state index in [1.807, 2.05) is 6.07 Å². The minimum atomic E-state index is -2.37. The van der Waals surface area contributed by atoms with Crippen LogP contribution in [0, 0.1) is 0 Å². The van der Waals surface area contributed by atoms with Crippen molar-refractivity contribution in [2.75, 3.05) is 0 Å². The molecule has 3 N–H and O–H groups in total. The van der Waals surface area contributed by atoms with Gasteiger partial charge >= 0.3 is 0 Å². The summed E-state index contributed by atoms with van der Waals surface area (Å²) in [5.74, 6) is -1.90. The summed E-state index contributed by atoms with van der Waals surface area (Å²) < 4.78 is 5.64. The molecule has 0 spiro atoms. The number of fused-ring (bicyclic) bond motifs is 1. The van der Waals surface area contributed by atoms with E-state index in [2.05, 4.69) is 0 Å². The van der Waals surface area contributed by atoms with Gasteiger partial charge in [-0.2, -0.15) is 0 Å². The smallest absolute Gasteiger partial charge is 0.236 e. The van der Waals surface area contributed by atoms with Gasteiger partial charge in [0.1, 0.15) is 11.9 Å². The van der Waals surface area contributed by atoms with Crippen molar-refractivity contribution in [1.82, 2.24) is 0 Å². The number of hydrogen-bond acceptors (Lipinski definition) is 4. The predicted molar refractivity (Wildman–Crippen MR) is 68.4 cm³/mol. The quantitative estimate of drug-likeness (QED) is 0.678. The van der Waals surface area contributed by atoms with Crippen molar-refractivity contribution in [3.63, 3.8) is 0 Å². The Hall–Kier alpha value is -1.88. The molecule has 0 aromatic heterocycles. The largest absolute Gasteiger partial charge is 0.480 e. The average molecular weight is 258 g/mol. The second-order valence-corrected chi connectivity index (χ2v) is 4.63. The molecule has 0 bridgehead atoms. The molecule has 1 aliphatic rings. The lowest BCUT2D eigenvalue weighted by Gasteiger charge is -2.40. The van der Waals surface area contributed by atoms with E-state index in [1.54, 1.807) is 48.5 Å². The molecule has 0 fully saturated rings. The highest BCUT2D eigenvalue weighted by atomic mass is 16.6. The zero-order valence-electron chi connectivity index (χ0n) is 10.1. The van der Waals surface area contributed by atoms with Crippen LogP contribution in [0.5, 0.6) is 5.75 Å². The third kappa shape index (κ3) is 1.90. The molecule has 0 saturated heterocycles. The summed E-state index contributed by atoms with van der Waals surface area (Å²) in [6.45, 7) is 0. The molecule has 0 saturated carbocycles. The van der Waals surface area contributed by atoms with Crippen LogP contribution in [0.25, 0.3) is 0 Å². The summed E-state index contributed by atoms with van der Waals surface area (Å²) >= 11 is 0. The van der Waals surface area contributed by atoms with E-state index in [9.17, 15) is 15.3 Å². The van der Waals surface area contributed by atoms with Gasteiger partial charge in [-0.1, -0.05) is 48.5 Å². The van der Waals surface area contributed by atoms with Crippen molar-refractivity contribution < 1.29 is 20.1 Å². The van der Waals surface area contributed by atoms with Gasteiger partial charge in [0.25, 0.3) is 0 Å². The first-order valence-corrected chi connectivity index (χ1v) is 6.04. The molecule has 1 aliphatic heterocycles. The fraction of sp³-hybridized carbons (Fsp3) is 0.200. The Morgan fingerprint density at radius 3 is 2.26 bits per heavy atom. The van der Waals surface area contributed by atoms with Gasteiger partial charge in [-0.3, -0.25) is 0 Å². The Labute approximate surface area is 110 Å². The number of aliphatic hydroxyl groups excluding tert-OH is 1. The second-order valence-electron chi connectivity index (χ2n) is 4.63. The Bertz CT molecular complexity index is 580. The maximum absolute atomic E-state index is 10.2. The van der Waals surface area contributed by atoms with Crippen LogP contribution in [-0.4, -0.2) is 21.1 Å². The zero-order chi connectivity index (χ0) is 13.5. The number of aliphatic hydroxyl groups is 3. The lowest BCUT2D eigenvalue weighted by Crippen LogP contribution is -2.47. The molecule has 2 atom stereocenters.